The number of rotatable bonds is 4. The molecule has 0 radical (unpaired) electrons. The fraction of sp³-hybridized carbons (Fsp3) is 0.409. The molecular formula is C22H26N2S. The summed E-state index contributed by atoms with van der Waals surface area (Å²) in [6.07, 6.45) is 3.84. The zero-order valence-corrected chi connectivity index (χ0v) is 16.2. The molecule has 0 saturated carbocycles. The van der Waals surface area contributed by atoms with E-state index >= 15 is 0 Å². The average Bonchev–Trinajstić information content (AvgIpc) is 3.17. The second kappa shape index (κ2) is 6.89. The van der Waals surface area contributed by atoms with Crippen LogP contribution in [-0.4, -0.2) is 29.0 Å². The van der Waals surface area contributed by atoms with Gasteiger partial charge in [0.15, 0.2) is 0 Å². The minimum atomic E-state index is 0.752. The molecule has 0 amide bonds. The first kappa shape index (κ1) is 16.7. The number of fused-ring (bicyclic) bond motifs is 1. The standard InChI is InChI=1S/C22H26N2S/c1-15-13-17(3)25-22(15)21-9-7-19-14-18(6-8-20(19)23-21)10-12-24-11-4-5-16(24)2/h6-9,13-14,16H,4-5,10-12H2,1-3H3/t16-/m1/s1. The predicted molar refractivity (Wildman–Crippen MR) is 109 cm³/mol. The molecule has 0 spiro atoms. The Hall–Kier alpha value is -1.71. The lowest BCUT2D eigenvalue weighted by Crippen LogP contribution is -2.28. The van der Waals surface area contributed by atoms with Gasteiger partial charge in [0.1, 0.15) is 0 Å². The lowest BCUT2D eigenvalue weighted by atomic mass is 10.1. The van der Waals surface area contributed by atoms with Crippen LogP contribution in [0.4, 0.5) is 0 Å². The lowest BCUT2D eigenvalue weighted by Gasteiger charge is -2.20. The molecule has 1 aromatic carbocycles. The fourth-order valence-electron chi connectivity index (χ4n) is 3.95. The van der Waals surface area contributed by atoms with Crippen molar-refractivity contribution in [1.29, 1.82) is 0 Å². The van der Waals surface area contributed by atoms with Gasteiger partial charge in [0.2, 0.25) is 0 Å². The Labute approximate surface area is 154 Å². The van der Waals surface area contributed by atoms with Crippen LogP contribution in [0, 0.1) is 13.8 Å². The summed E-state index contributed by atoms with van der Waals surface area (Å²) >= 11 is 1.83. The number of aromatic nitrogens is 1. The Balaban J connectivity index is 1.55. The Morgan fingerprint density at radius 1 is 1.16 bits per heavy atom. The molecule has 1 fully saturated rings. The maximum Gasteiger partial charge on any atom is 0.0812 e. The summed E-state index contributed by atoms with van der Waals surface area (Å²) in [4.78, 5) is 10.2. The minimum absolute atomic E-state index is 0.752. The molecule has 0 unspecified atom stereocenters. The molecule has 130 valence electrons. The van der Waals surface area contributed by atoms with E-state index in [9.17, 15) is 0 Å². The molecule has 1 aliphatic rings. The van der Waals surface area contributed by atoms with Crippen LogP contribution >= 0.6 is 11.3 Å². The third-order valence-electron chi connectivity index (χ3n) is 5.41. The summed E-state index contributed by atoms with van der Waals surface area (Å²) in [5.41, 5.74) is 4.94. The monoisotopic (exact) mass is 350 g/mol. The van der Waals surface area contributed by atoms with Crippen molar-refractivity contribution in [3.05, 3.63) is 52.4 Å². The van der Waals surface area contributed by atoms with Crippen molar-refractivity contribution in [2.45, 2.75) is 46.1 Å². The molecular weight excluding hydrogens is 324 g/mol. The molecule has 3 heterocycles. The number of benzene rings is 1. The number of likely N-dealkylation sites (tertiary alicyclic amines) is 1. The van der Waals surface area contributed by atoms with E-state index in [1.165, 1.54) is 52.2 Å². The van der Waals surface area contributed by atoms with Crippen molar-refractivity contribution in [3.63, 3.8) is 0 Å². The minimum Gasteiger partial charge on any atom is -0.300 e. The van der Waals surface area contributed by atoms with Gasteiger partial charge in [-0.15, -0.1) is 11.3 Å². The number of hydrogen-bond acceptors (Lipinski definition) is 3. The van der Waals surface area contributed by atoms with Crippen LogP contribution in [0.1, 0.15) is 35.8 Å². The van der Waals surface area contributed by atoms with Gasteiger partial charge in [0, 0.05) is 22.8 Å². The highest BCUT2D eigenvalue weighted by Gasteiger charge is 2.19. The van der Waals surface area contributed by atoms with Crippen LogP contribution < -0.4 is 0 Å². The Kier molecular flexibility index (Phi) is 4.61. The average molecular weight is 351 g/mol. The summed E-state index contributed by atoms with van der Waals surface area (Å²) in [6, 6.07) is 14.2. The van der Waals surface area contributed by atoms with Crippen LogP contribution in [0.3, 0.4) is 0 Å². The maximum absolute atomic E-state index is 4.91. The van der Waals surface area contributed by atoms with Crippen LogP contribution in [-0.2, 0) is 6.42 Å². The first-order valence-electron chi connectivity index (χ1n) is 9.31. The summed E-state index contributed by atoms with van der Waals surface area (Å²) < 4.78 is 0. The molecule has 4 rings (SSSR count). The molecule has 2 aromatic heterocycles. The quantitative estimate of drug-likeness (QED) is 0.608. The number of aryl methyl sites for hydroxylation is 2. The van der Waals surface area contributed by atoms with E-state index in [4.69, 9.17) is 4.98 Å². The molecule has 3 aromatic rings. The Morgan fingerprint density at radius 3 is 2.76 bits per heavy atom. The van der Waals surface area contributed by atoms with Crippen molar-refractivity contribution >= 4 is 22.2 Å². The van der Waals surface area contributed by atoms with Crippen molar-refractivity contribution in [3.8, 4) is 10.6 Å². The van der Waals surface area contributed by atoms with Crippen molar-refractivity contribution in [2.24, 2.45) is 0 Å². The SMILES string of the molecule is Cc1cc(C)c(-c2ccc3cc(CCN4CCC[C@H]4C)ccc3n2)s1. The summed E-state index contributed by atoms with van der Waals surface area (Å²) in [5, 5.41) is 1.25. The van der Waals surface area contributed by atoms with Gasteiger partial charge in [-0.1, -0.05) is 12.1 Å². The van der Waals surface area contributed by atoms with E-state index in [0.717, 1.165) is 23.7 Å². The molecule has 1 atom stereocenters. The first-order chi connectivity index (χ1) is 12.1. The highest BCUT2D eigenvalue weighted by Crippen LogP contribution is 2.32. The van der Waals surface area contributed by atoms with E-state index in [1.807, 2.05) is 11.3 Å². The molecule has 1 saturated heterocycles. The summed E-state index contributed by atoms with van der Waals surface area (Å²) in [6.45, 7) is 9.13. The maximum atomic E-state index is 4.91. The van der Waals surface area contributed by atoms with E-state index in [0.29, 0.717) is 0 Å². The van der Waals surface area contributed by atoms with Gasteiger partial charge in [0.05, 0.1) is 16.1 Å². The van der Waals surface area contributed by atoms with Gasteiger partial charge in [0.25, 0.3) is 0 Å². The normalized spacial score (nSPS) is 18.3. The van der Waals surface area contributed by atoms with E-state index in [-0.39, 0.29) is 0 Å². The van der Waals surface area contributed by atoms with Crippen molar-refractivity contribution < 1.29 is 0 Å². The topological polar surface area (TPSA) is 16.1 Å². The Bertz CT molecular complexity index is 896. The molecule has 0 N–H and O–H groups in total. The number of pyridine rings is 1. The number of thiophene rings is 1. The third-order valence-corrected chi connectivity index (χ3v) is 6.58. The van der Waals surface area contributed by atoms with Gasteiger partial charge in [-0.3, -0.25) is 0 Å². The van der Waals surface area contributed by atoms with Gasteiger partial charge in [-0.05, 0) is 82.0 Å². The zero-order valence-electron chi connectivity index (χ0n) is 15.4. The van der Waals surface area contributed by atoms with Crippen molar-refractivity contribution in [2.75, 3.05) is 13.1 Å². The summed E-state index contributed by atoms with van der Waals surface area (Å²) in [5.74, 6) is 0. The molecule has 0 bridgehead atoms. The summed E-state index contributed by atoms with van der Waals surface area (Å²) in [7, 11) is 0. The van der Waals surface area contributed by atoms with Gasteiger partial charge in [-0.25, -0.2) is 4.98 Å². The third kappa shape index (κ3) is 3.49. The van der Waals surface area contributed by atoms with Crippen LogP contribution in [0.5, 0.6) is 0 Å². The van der Waals surface area contributed by atoms with Gasteiger partial charge >= 0.3 is 0 Å². The smallest absolute Gasteiger partial charge is 0.0812 e. The second-order valence-electron chi connectivity index (χ2n) is 7.37. The highest BCUT2D eigenvalue weighted by atomic mass is 32.1. The Morgan fingerprint density at radius 2 is 2.04 bits per heavy atom. The van der Waals surface area contributed by atoms with Crippen LogP contribution in [0.25, 0.3) is 21.5 Å². The molecule has 1 aliphatic heterocycles. The molecule has 3 heteroatoms. The fourth-order valence-corrected chi connectivity index (χ4v) is 4.95. The van der Waals surface area contributed by atoms with Gasteiger partial charge in [-0.2, -0.15) is 0 Å². The first-order valence-corrected chi connectivity index (χ1v) is 10.1. The largest absolute Gasteiger partial charge is 0.300 e. The number of nitrogens with zero attached hydrogens (tertiary/aromatic N) is 2. The lowest BCUT2D eigenvalue weighted by molar-refractivity contribution is 0.272. The van der Waals surface area contributed by atoms with Crippen molar-refractivity contribution in [1.82, 2.24) is 9.88 Å². The zero-order chi connectivity index (χ0) is 17.4. The van der Waals surface area contributed by atoms with Crippen LogP contribution in [0.2, 0.25) is 0 Å². The number of hydrogen-bond donors (Lipinski definition) is 0. The van der Waals surface area contributed by atoms with E-state index < -0.39 is 0 Å². The predicted octanol–water partition coefficient (Wildman–Crippen LogP) is 5.61. The van der Waals surface area contributed by atoms with E-state index in [1.54, 1.807) is 0 Å². The molecule has 2 nitrogen and oxygen atoms in total. The van der Waals surface area contributed by atoms with Gasteiger partial charge < -0.3 is 4.90 Å². The molecule has 25 heavy (non-hydrogen) atoms. The highest BCUT2D eigenvalue weighted by molar-refractivity contribution is 7.15. The second-order valence-corrected chi connectivity index (χ2v) is 8.63. The van der Waals surface area contributed by atoms with Crippen LogP contribution in [0.15, 0.2) is 36.4 Å². The molecule has 0 aliphatic carbocycles. The van der Waals surface area contributed by atoms with E-state index in [2.05, 4.69) is 62.1 Å².